The average molecular weight is 195 g/mol. The number of nitrogens with one attached hydrogen (secondary N) is 1. The van der Waals surface area contributed by atoms with Gasteiger partial charge in [-0.25, -0.2) is 4.98 Å². The molecule has 0 aliphatic heterocycles. The van der Waals surface area contributed by atoms with Crippen LogP contribution in [-0.4, -0.2) is 29.7 Å². The number of ether oxygens (including phenoxy) is 1. The Hall–Kier alpha value is -1.16. The van der Waals surface area contributed by atoms with Crippen LogP contribution in [0.25, 0.3) is 0 Å². The minimum Gasteiger partial charge on any atom is -0.476 e. The number of rotatable bonds is 6. The predicted molar refractivity (Wildman–Crippen MR) is 55.4 cm³/mol. The Balaban J connectivity index is 2.18. The molecule has 1 aromatic rings. The number of nitrogens with zero attached hydrogens (tertiary/aromatic N) is 2. The first kappa shape index (κ1) is 10.9. The highest BCUT2D eigenvalue weighted by atomic mass is 16.5. The summed E-state index contributed by atoms with van der Waals surface area (Å²) < 4.78 is 5.42. The molecule has 0 saturated heterocycles. The Morgan fingerprint density at radius 2 is 2.29 bits per heavy atom. The fourth-order valence-electron chi connectivity index (χ4n) is 1.04. The maximum atomic E-state index is 5.42. The van der Waals surface area contributed by atoms with Crippen molar-refractivity contribution in [2.45, 2.75) is 20.3 Å². The quantitative estimate of drug-likeness (QED) is 0.692. The maximum absolute atomic E-state index is 5.42. The van der Waals surface area contributed by atoms with Crippen LogP contribution in [0, 0.1) is 6.92 Å². The summed E-state index contributed by atoms with van der Waals surface area (Å²) in [5.41, 5.74) is 0. The van der Waals surface area contributed by atoms with Gasteiger partial charge in [-0.05, 0) is 19.9 Å². The van der Waals surface area contributed by atoms with E-state index >= 15 is 0 Å². The van der Waals surface area contributed by atoms with Gasteiger partial charge in [-0.15, -0.1) is 0 Å². The van der Waals surface area contributed by atoms with Gasteiger partial charge in [0.2, 0.25) is 5.88 Å². The molecule has 0 amide bonds. The molecule has 0 fully saturated rings. The van der Waals surface area contributed by atoms with Crippen molar-refractivity contribution in [2.24, 2.45) is 0 Å². The van der Waals surface area contributed by atoms with Crippen molar-refractivity contribution in [1.29, 1.82) is 0 Å². The zero-order valence-corrected chi connectivity index (χ0v) is 8.79. The van der Waals surface area contributed by atoms with Crippen molar-refractivity contribution in [3.8, 4) is 5.88 Å². The lowest BCUT2D eigenvalue weighted by Gasteiger charge is -2.05. The van der Waals surface area contributed by atoms with Gasteiger partial charge in [-0.1, -0.05) is 6.92 Å². The van der Waals surface area contributed by atoms with Crippen LogP contribution >= 0.6 is 0 Å². The van der Waals surface area contributed by atoms with E-state index in [0.29, 0.717) is 12.5 Å². The summed E-state index contributed by atoms with van der Waals surface area (Å²) >= 11 is 0. The molecule has 78 valence electrons. The van der Waals surface area contributed by atoms with Crippen LogP contribution in [0.2, 0.25) is 0 Å². The molecule has 4 nitrogen and oxygen atoms in total. The van der Waals surface area contributed by atoms with Gasteiger partial charge in [0.25, 0.3) is 0 Å². The zero-order valence-electron chi connectivity index (χ0n) is 8.79. The summed E-state index contributed by atoms with van der Waals surface area (Å²) in [5.74, 6) is 1.39. The molecule has 0 atom stereocenters. The molecule has 0 aliphatic carbocycles. The third-order valence-corrected chi connectivity index (χ3v) is 1.71. The predicted octanol–water partition coefficient (Wildman–Crippen LogP) is 1.16. The van der Waals surface area contributed by atoms with Gasteiger partial charge in [0.1, 0.15) is 12.4 Å². The lowest BCUT2D eigenvalue weighted by molar-refractivity contribution is 0.301. The standard InChI is InChI=1S/C10H17N3O/c1-3-5-11-7-8-14-10-4-6-12-9(2)13-10/h4,6,11H,3,5,7-8H2,1-2H3. The van der Waals surface area contributed by atoms with Gasteiger partial charge in [-0.3, -0.25) is 0 Å². The molecular weight excluding hydrogens is 178 g/mol. The molecule has 0 aromatic carbocycles. The van der Waals surface area contributed by atoms with Crippen molar-refractivity contribution < 1.29 is 4.74 Å². The van der Waals surface area contributed by atoms with E-state index in [1.54, 1.807) is 12.3 Å². The SMILES string of the molecule is CCCNCCOc1ccnc(C)n1. The number of hydrogen-bond acceptors (Lipinski definition) is 4. The van der Waals surface area contributed by atoms with Gasteiger partial charge < -0.3 is 10.1 Å². The van der Waals surface area contributed by atoms with E-state index in [-0.39, 0.29) is 0 Å². The van der Waals surface area contributed by atoms with Crippen LogP contribution in [-0.2, 0) is 0 Å². The Bertz CT molecular complexity index is 265. The first-order valence-electron chi connectivity index (χ1n) is 4.96. The van der Waals surface area contributed by atoms with E-state index in [1.165, 1.54) is 0 Å². The summed E-state index contributed by atoms with van der Waals surface area (Å²) in [7, 11) is 0. The van der Waals surface area contributed by atoms with Crippen LogP contribution in [0.1, 0.15) is 19.2 Å². The molecule has 0 spiro atoms. The van der Waals surface area contributed by atoms with Crippen LogP contribution in [0.3, 0.4) is 0 Å². The summed E-state index contributed by atoms with van der Waals surface area (Å²) in [6, 6.07) is 1.77. The topological polar surface area (TPSA) is 47.0 Å². The Kier molecular flexibility index (Phi) is 4.93. The third kappa shape index (κ3) is 4.18. The highest BCUT2D eigenvalue weighted by Crippen LogP contribution is 2.03. The first-order valence-corrected chi connectivity index (χ1v) is 4.96. The third-order valence-electron chi connectivity index (χ3n) is 1.71. The van der Waals surface area contributed by atoms with Crippen molar-refractivity contribution >= 4 is 0 Å². The monoisotopic (exact) mass is 195 g/mol. The molecule has 0 radical (unpaired) electrons. The van der Waals surface area contributed by atoms with E-state index in [1.807, 2.05) is 6.92 Å². The van der Waals surface area contributed by atoms with Crippen molar-refractivity contribution in [2.75, 3.05) is 19.7 Å². The van der Waals surface area contributed by atoms with Gasteiger partial charge >= 0.3 is 0 Å². The fourth-order valence-corrected chi connectivity index (χ4v) is 1.04. The highest BCUT2D eigenvalue weighted by Gasteiger charge is 1.95. The van der Waals surface area contributed by atoms with E-state index in [9.17, 15) is 0 Å². The van der Waals surface area contributed by atoms with Crippen molar-refractivity contribution in [3.05, 3.63) is 18.1 Å². The van der Waals surface area contributed by atoms with Gasteiger partial charge in [0, 0.05) is 18.8 Å². The van der Waals surface area contributed by atoms with E-state index in [2.05, 4.69) is 22.2 Å². The molecule has 0 bridgehead atoms. The second kappa shape index (κ2) is 6.32. The second-order valence-corrected chi connectivity index (χ2v) is 3.04. The maximum Gasteiger partial charge on any atom is 0.216 e. The summed E-state index contributed by atoms with van der Waals surface area (Å²) in [4.78, 5) is 8.12. The molecule has 1 rings (SSSR count). The number of hydrogen-bond donors (Lipinski definition) is 1. The molecule has 1 N–H and O–H groups in total. The minimum atomic E-state index is 0.649. The van der Waals surface area contributed by atoms with Crippen molar-refractivity contribution in [1.82, 2.24) is 15.3 Å². The second-order valence-electron chi connectivity index (χ2n) is 3.04. The highest BCUT2D eigenvalue weighted by molar-refractivity contribution is 5.07. The molecule has 0 aliphatic rings. The van der Waals surface area contributed by atoms with Gasteiger partial charge in [-0.2, -0.15) is 4.98 Å². The molecule has 4 heteroatoms. The summed E-state index contributed by atoms with van der Waals surface area (Å²) in [6.45, 7) is 6.53. The van der Waals surface area contributed by atoms with E-state index in [0.717, 1.165) is 25.3 Å². The number of aromatic nitrogens is 2. The zero-order chi connectivity index (χ0) is 10.2. The molecule has 14 heavy (non-hydrogen) atoms. The lowest BCUT2D eigenvalue weighted by atomic mass is 10.5. The van der Waals surface area contributed by atoms with Crippen LogP contribution < -0.4 is 10.1 Å². The molecule has 0 saturated carbocycles. The Morgan fingerprint density at radius 1 is 1.43 bits per heavy atom. The molecule has 1 aromatic heterocycles. The van der Waals surface area contributed by atoms with Crippen LogP contribution in [0.15, 0.2) is 12.3 Å². The Morgan fingerprint density at radius 3 is 3.00 bits per heavy atom. The van der Waals surface area contributed by atoms with Crippen LogP contribution in [0.5, 0.6) is 5.88 Å². The fraction of sp³-hybridized carbons (Fsp3) is 0.600. The molecule has 0 unspecified atom stereocenters. The average Bonchev–Trinajstić information content (AvgIpc) is 2.18. The van der Waals surface area contributed by atoms with Gasteiger partial charge in [0.05, 0.1) is 0 Å². The van der Waals surface area contributed by atoms with E-state index < -0.39 is 0 Å². The summed E-state index contributed by atoms with van der Waals surface area (Å²) in [6.07, 6.45) is 2.85. The van der Waals surface area contributed by atoms with Gasteiger partial charge in [0.15, 0.2) is 0 Å². The number of aryl methyl sites for hydroxylation is 1. The summed E-state index contributed by atoms with van der Waals surface area (Å²) in [5, 5.41) is 3.25. The molecular formula is C10H17N3O. The minimum absolute atomic E-state index is 0.649. The van der Waals surface area contributed by atoms with E-state index in [4.69, 9.17) is 4.74 Å². The van der Waals surface area contributed by atoms with Crippen LogP contribution in [0.4, 0.5) is 0 Å². The molecule has 1 heterocycles. The largest absolute Gasteiger partial charge is 0.476 e. The smallest absolute Gasteiger partial charge is 0.216 e. The lowest BCUT2D eigenvalue weighted by Crippen LogP contribution is -2.21. The Labute approximate surface area is 84.7 Å². The van der Waals surface area contributed by atoms with Crippen molar-refractivity contribution in [3.63, 3.8) is 0 Å². The first-order chi connectivity index (χ1) is 6.83. The normalized spacial score (nSPS) is 10.1.